The Kier molecular flexibility index (Phi) is 13.5. The molecular formula is C75H87N. The zero-order valence-corrected chi connectivity index (χ0v) is 50.0. The Balaban J connectivity index is 1.40. The van der Waals surface area contributed by atoms with Gasteiger partial charge in [-0.1, -0.05) is 260 Å². The topological polar surface area (TPSA) is 3.24 Å². The van der Waals surface area contributed by atoms with Crippen molar-refractivity contribution in [2.24, 2.45) is 0 Å². The minimum atomic E-state index is -0.187. The standard InChI is InChI=1S/C75H87N/c1-69(2,3)54-36-50(52-39-57(72(10,11)12)44-58(40-52)73(13,14)15)35-53(41-54)64-45-59(74(16,17)18)46-67(68(64)48-27-22-21-23-28-48)76(61-33-34-63-62-31-24-25-32-65(62)75(19,20)66(63)47-61)60-30-26-29-49(42-60)51-37-55(70(4,5)6)43-56(38-51)71(7,8)9/h21-47H,1-20H3. The Morgan fingerprint density at radius 2 is 0.684 bits per heavy atom. The zero-order chi connectivity index (χ0) is 55.3. The highest BCUT2D eigenvalue weighted by Crippen LogP contribution is 2.54. The number of nitrogens with zero attached hydrogens (tertiary/aromatic N) is 1. The zero-order valence-electron chi connectivity index (χ0n) is 50.0. The van der Waals surface area contributed by atoms with Crippen LogP contribution in [0.4, 0.5) is 17.1 Å². The summed E-state index contributed by atoms with van der Waals surface area (Å²) in [6.45, 7) is 47.1. The van der Waals surface area contributed by atoms with Crippen LogP contribution in [0.25, 0.3) is 55.6 Å². The second kappa shape index (κ2) is 18.9. The van der Waals surface area contributed by atoms with Crippen LogP contribution in [0, 0.1) is 0 Å². The van der Waals surface area contributed by atoms with Crippen LogP contribution in [0.3, 0.4) is 0 Å². The van der Waals surface area contributed by atoms with Gasteiger partial charge in [0.1, 0.15) is 0 Å². The first-order valence-electron chi connectivity index (χ1n) is 28.1. The molecule has 1 aliphatic rings. The maximum absolute atomic E-state index is 2.60. The Morgan fingerprint density at radius 3 is 1.21 bits per heavy atom. The molecule has 0 bridgehead atoms. The highest BCUT2D eigenvalue weighted by molar-refractivity contribution is 5.99. The quantitative estimate of drug-likeness (QED) is 0.154. The molecule has 8 aromatic carbocycles. The van der Waals surface area contributed by atoms with Crippen molar-refractivity contribution in [1.29, 1.82) is 0 Å². The highest BCUT2D eigenvalue weighted by atomic mass is 15.1. The Bertz CT molecular complexity index is 3410. The van der Waals surface area contributed by atoms with Crippen molar-refractivity contribution in [3.05, 3.63) is 208 Å². The smallest absolute Gasteiger partial charge is 0.0549 e. The summed E-state index contributed by atoms with van der Waals surface area (Å²) in [6.07, 6.45) is 0. The third-order valence-corrected chi connectivity index (χ3v) is 16.3. The second-order valence-electron chi connectivity index (χ2n) is 29.0. The van der Waals surface area contributed by atoms with Crippen LogP contribution in [0.15, 0.2) is 164 Å². The van der Waals surface area contributed by atoms with Crippen LogP contribution in [0.5, 0.6) is 0 Å². The van der Waals surface area contributed by atoms with E-state index in [1.807, 2.05) is 0 Å². The van der Waals surface area contributed by atoms with Crippen LogP contribution in [0.1, 0.15) is 183 Å². The molecule has 0 spiro atoms. The highest BCUT2D eigenvalue weighted by Gasteiger charge is 2.37. The lowest BCUT2D eigenvalue weighted by atomic mass is 9.77. The van der Waals surface area contributed by atoms with Crippen LogP contribution >= 0.6 is 0 Å². The van der Waals surface area contributed by atoms with E-state index in [4.69, 9.17) is 0 Å². The normalized spacial score (nSPS) is 13.9. The molecule has 0 aromatic heterocycles. The van der Waals surface area contributed by atoms with Crippen LogP contribution in [-0.2, 0) is 37.9 Å². The summed E-state index contributed by atoms with van der Waals surface area (Å²) in [5.41, 5.74) is 26.1. The molecule has 392 valence electrons. The molecule has 1 heteroatoms. The molecule has 0 radical (unpaired) electrons. The number of fused-ring (bicyclic) bond motifs is 3. The van der Waals surface area contributed by atoms with E-state index in [0.29, 0.717) is 0 Å². The predicted molar refractivity (Wildman–Crippen MR) is 333 cm³/mol. The summed E-state index contributed by atoms with van der Waals surface area (Å²) in [5, 5.41) is 0. The van der Waals surface area contributed by atoms with E-state index in [9.17, 15) is 0 Å². The van der Waals surface area contributed by atoms with E-state index in [-0.39, 0.29) is 37.9 Å². The summed E-state index contributed by atoms with van der Waals surface area (Å²) in [6, 6.07) is 64.0. The second-order valence-corrected chi connectivity index (χ2v) is 29.0. The fourth-order valence-electron chi connectivity index (χ4n) is 11.2. The molecule has 0 atom stereocenters. The molecule has 0 aliphatic heterocycles. The maximum atomic E-state index is 2.60. The summed E-state index contributed by atoms with van der Waals surface area (Å²) in [7, 11) is 0. The molecule has 0 fully saturated rings. The number of hydrogen-bond acceptors (Lipinski definition) is 1. The molecule has 1 aliphatic carbocycles. The number of benzene rings is 8. The van der Waals surface area contributed by atoms with Gasteiger partial charge in [-0.2, -0.15) is 0 Å². The molecule has 1 nitrogen and oxygen atoms in total. The van der Waals surface area contributed by atoms with Crippen molar-refractivity contribution < 1.29 is 0 Å². The minimum absolute atomic E-state index is 0.0164. The third-order valence-electron chi connectivity index (χ3n) is 16.3. The number of rotatable bonds is 7. The van der Waals surface area contributed by atoms with Gasteiger partial charge in [0.2, 0.25) is 0 Å². The van der Waals surface area contributed by atoms with Gasteiger partial charge in [0.05, 0.1) is 5.69 Å². The SMILES string of the molecule is CC(C)(C)c1cc(-c2cc(C(C)(C)C)cc(C(C)(C)C)c2)cc(-c2cc(C(C)(C)C)cc(N(c3cccc(-c4cc(C(C)(C)C)cc(C(C)(C)C)c4)c3)c3ccc4c(c3)C(C)(C)c3ccccc3-4)c2-c2ccccc2)c1. The fourth-order valence-corrected chi connectivity index (χ4v) is 11.2. The molecular weight excluding hydrogens is 915 g/mol. The van der Waals surface area contributed by atoms with E-state index < -0.39 is 0 Å². The first kappa shape index (κ1) is 54.4. The molecule has 76 heavy (non-hydrogen) atoms. The molecule has 0 saturated carbocycles. The lowest BCUT2D eigenvalue weighted by Gasteiger charge is -2.33. The van der Waals surface area contributed by atoms with Crippen LogP contribution < -0.4 is 4.90 Å². The molecule has 0 saturated heterocycles. The molecule has 9 rings (SSSR count). The average Bonchev–Trinajstić information content (AvgIpc) is 3.57. The number of hydrogen-bond donors (Lipinski definition) is 0. The van der Waals surface area contributed by atoms with Gasteiger partial charge in [0.15, 0.2) is 0 Å². The molecule has 0 amide bonds. The van der Waals surface area contributed by atoms with E-state index in [1.165, 1.54) is 100 Å². The van der Waals surface area contributed by atoms with E-state index in [2.05, 4.69) is 307 Å². The van der Waals surface area contributed by atoms with Crippen molar-refractivity contribution in [1.82, 2.24) is 0 Å². The Morgan fingerprint density at radius 1 is 0.276 bits per heavy atom. The van der Waals surface area contributed by atoms with Crippen LogP contribution in [0.2, 0.25) is 0 Å². The third kappa shape index (κ3) is 10.7. The fraction of sp³-hybridized carbons (Fsp3) is 0.360. The predicted octanol–water partition coefficient (Wildman–Crippen LogP) is 21.9. The first-order chi connectivity index (χ1) is 35.2. The van der Waals surface area contributed by atoms with Crippen molar-refractivity contribution in [3.63, 3.8) is 0 Å². The van der Waals surface area contributed by atoms with Gasteiger partial charge < -0.3 is 4.90 Å². The first-order valence-corrected chi connectivity index (χ1v) is 28.1. The summed E-state index contributed by atoms with van der Waals surface area (Å²) in [5.74, 6) is 0. The monoisotopic (exact) mass is 1000 g/mol. The Hall–Kier alpha value is -6.44. The largest absolute Gasteiger partial charge is 0.310 e. The van der Waals surface area contributed by atoms with E-state index in [0.717, 1.165) is 17.1 Å². The van der Waals surface area contributed by atoms with Crippen LogP contribution in [-0.4, -0.2) is 0 Å². The van der Waals surface area contributed by atoms with Crippen molar-refractivity contribution in [2.75, 3.05) is 4.90 Å². The van der Waals surface area contributed by atoms with Gasteiger partial charge >= 0.3 is 0 Å². The molecule has 0 N–H and O–H groups in total. The van der Waals surface area contributed by atoms with E-state index in [1.54, 1.807) is 0 Å². The van der Waals surface area contributed by atoms with Crippen molar-refractivity contribution in [3.8, 4) is 55.6 Å². The summed E-state index contributed by atoms with van der Waals surface area (Å²) < 4.78 is 0. The maximum Gasteiger partial charge on any atom is 0.0549 e. The molecule has 0 unspecified atom stereocenters. The van der Waals surface area contributed by atoms with Gasteiger partial charge in [-0.15, -0.1) is 0 Å². The summed E-state index contributed by atoms with van der Waals surface area (Å²) >= 11 is 0. The van der Waals surface area contributed by atoms with Gasteiger partial charge in [-0.25, -0.2) is 0 Å². The van der Waals surface area contributed by atoms with Gasteiger partial charge in [-0.3, -0.25) is 0 Å². The van der Waals surface area contributed by atoms with Crippen molar-refractivity contribution >= 4 is 17.1 Å². The Labute approximate surface area is 459 Å². The minimum Gasteiger partial charge on any atom is -0.310 e. The van der Waals surface area contributed by atoms with Gasteiger partial charge in [0, 0.05) is 22.4 Å². The average molecular weight is 1000 g/mol. The van der Waals surface area contributed by atoms with Crippen molar-refractivity contribution in [2.45, 2.75) is 176 Å². The molecule has 0 heterocycles. The van der Waals surface area contributed by atoms with E-state index >= 15 is 0 Å². The lowest BCUT2D eigenvalue weighted by molar-refractivity contribution is 0.568. The van der Waals surface area contributed by atoms with Gasteiger partial charge in [-0.05, 0) is 170 Å². The lowest BCUT2D eigenvalue weighted by Crippen LogP contribution is -2.18. The molecule has 8 aromatic rings. The summed E-state index contributed by atoms with van der Waals surface area (Å²) in [4.78, 5) is 2.60. The van der Waals surface area contributed by atoms with Gasteiger partial charge in [0.25, 0.3) is 0 Å². The number of anilines is 3.